The summed E-state index contributed by atoms with van der Waals surface area (Å²) in [7, 11) is 6.18. The molecule has 4 rings (SSSR count). The number of benzene rings is 1. The Balaban J connectivity index is 1.70. The van der Waals surface area contributed by atoms with Crippen molar-refractivity contribution in [2.45, 2.75) is 44.7 Å². The Morgan fingerprint density at radius 3 is 2.45 bits per heavy atom. The maximum Gasteiger partial charge on any atom is 0.264 e. The van der Waals surface area contributed by atoms with Gasteiger partial charge >= 0.3 is 0 Å². The van der Waals surface area contributed by atoms with E-state index in [1.165, 1.54) is 30.6 Å². The number of amides is 1. The van der Waals surface area contributed by atoms with E-state index in [9.17, 15) is 4.79 Å². The van der Waals surface area contributed by atoms with Crippen LogP contribution < -0.4 is 4.90 Å². The molecule has 1 aliphatic carbocycles. The van der Waals surface area contributed by atoms with Crippen LogP contribution >= 0.6 is 11.3 Å². The fraction of sp³-hybridized carbons (Fsp3) is 0.462. The van der Waals surface area contributed by atoms with Gasteiger partial charge in [-0.15, -0.1) is 11.3 Å². The van der Waals surface area contributed by atoms with Crippen LogP contribution in [-0.2, 0) is 6.54 Å². The highest BCUT2D eigenvalue weighted by Gasteiger charge is 2.29. The molecule has 0 unspecified atom stereocenters. The number of nitrogens with zero attached hydrogens (tertiary/aromatic N) is 4. The van der Waals surface area contributed by atoms with Crippen LogP contribution in [0.25, 0.3) is 11.3 Å². The molecule has 0 spiro atoms. The van der Waals surface area contributed by atoms with E-state index in [0.717, 1.165) is 47.0 Å². The van der Waals surface area contributed by atoms with Gasteiger partial charge in [0.15, 0.2) is 0 Å². The van der Waals surface area contributed by atoms with Gasteiger partial charge in [0.25, 0.3) is 5.91 Å². The maximum absolute atomic E-state index is 13.4. The summed E-state index contributed by atoms with van der Waals surface area (Å²) in [6.45, 7) is 1.89. The second kappa shape index (κ2) is 11.0. The van der Waals surface area contributed by atoms with Crippen LogP contribution in [0.15, 0.2) is 52.4 Å². The van der Waals surface area contributed by atoms with Crippen molar-refractivity contribution in [2.24, 2.45) is 0 Å². The third kappa shape index (κ3) is 5.65. The molecular formula is C26H34N4O2S. The van der Waals surface area contributed by atoms with E-state index in [2.05, 4.69) is 34.1 Å². The van der Waals surface area contributed by atoms with Crippen molar-refractivity contribution in [1.82, 2.24) is 15.0 Å². The van der Waals surface area contributed by atoms with Crippen molar-refractivity contribution >= 4 is 23.1 Å². The third-order valence-electron chi connectivity index (χ3n) is 6.44. The van der Waals surface area contributed by atoms with Crippen LogP contribution in [-0.4, -0.2) is 61.1 Å². The molecule has 0 saturated heterocycles. The van der Waals surface area contributed by atoms with Gasteiger partial charge in [-0.05, 0) is 38.4 Å². The fourth-order valence-corrected chi connectivity index (χ4v) is 5.19. The van der Waals surface area contributed by atoms with Gasteiger partial charge in [0.2, 0.25) is 5.88 Å². The highest BCUT2D eigenvalue weighted by Crippen LogP contribution is 2.35. The molecule has 2 aromatic heterocycles. The molecule has 176 valence electrons. The highest BCUT2D eigenvalue weighted by atomic mass is 32.1. The number of hydrogen-bond donors (Lipinski definition) is 0. The number of hydrogen-bond acceptors (Lipinski definition) is 6. The fourth-order valence-electron chi connectivity index (χ4n) is 4.50. The van der Waals surface area contributed by atoms with Crippen molar-refractivity contribution in [3.63, 3.8) is 0 Å². The van der Waals surface area contributed by atoms with Crippen molar-refractivity contribution in [3.8, 4) is 11.3 Å². The average molecular weight is 467 g/mol. The Bertz CT molecular complexity index is 1010. The molecule has 0 bridgehead atoms. The molecule has 0 atom stereocenters. The Morgan fingerprint density at radius 2 is 1.79 bits per heavy atom. The SMILES string of the molecule is CN(C)CCN(Cc1c(-c2ccccc2)noc1N(C)C1CCCCC1)C(=O)c1cccs1. The van der Waals surface area contributed by atoms with Gasteiger partial charge in [-0.25, -0.2) is 0 Å². The standard InChI is InChI=1S/C26H34N4O2S/c1-28(2)16-17-30(25(31)23-15-10-18-33-23)19-22-24(20-11-6-4-7-12-20)27-32-26(22)29(3)21-13-8-5-9-14-21/h4,6-7,10-12,15,18,21H,5,8-9,13-14,16-17,19H2,1-3H3. The zero-order valence-electron chi connectivity index (χ0n) is 19.9. The van der Waals surface area contributed by atoms with Crippen LogP contribution in [0.5, 0.6) is 0 Å². The summed E-state index contributed by atoms with van der Waals surface area (Å²) in [6.07, 6.45) is 6.12. The minimum atomic E-state index is 0.0540. The normalized spacial score (nSPS) is 14.5. The molecule has 0 aliphatic heterocycles. The molecule has 33 heavy (non-hydrogen) atoms. The van der Waals surface area contributed by atoms with Gasteiger partial charge in [-0.3, -0.25) is 4.79 Å². The molecule has 0 N–H and O–H groups in total. The summed E-state index contributed by atoms with van der Waals surface area (Å²) in [6, 6.07) is 14.4. The lowest BCUT2D eigenvalue weighted by molar-refractivity contribution is 0.0737. The third-order valence-corrected chi connectivity index (χ3v) is 7.30. The van der Waals surface area contributed by atoms with E-state index in [1.807, 2.05) is 54.7 Å². The molecule has 3 aromatic rings. The van der Waals surface area contributed by atoms with Gasteiger partial charge in [-0.1, -0.05) is 60.8 Å². The second-order valence-corrected chi connectivity index (χ2v) is 10.0. The largest absolute Gasteiger partial charge is 0.340 e. The molecule has 2 heterocycles. The van der Waals surface area contributed by atoms with Crippen molar-refractivity contribution < 1.29 is 9.32 Å². The zero-order chi connectivity index (χ0) is 23.2. The topological polar surface area (TPSA) is 52.8 Å². The number of thiophene rings is 1. The second-order valence-electron chi connectivity index (χ2n) is 9.09. The number of rotatable bonds is 9. The molecular weight excluding hydrogens is 432 g/mol. The molecule has 6 nitrogen and oxygen atoms in total. The Morgan fingerprint density at radius 1 is 1.03 bits per heavy atom. The summed E-state index contributed by atoms with van der Waals surface area (Å²) in [5.74, 6) is 0.841. The first-order valence-corrected chi connectivity index (χ1v) is 12.7. The molecule has 1 saturated carbocycles. The van der Waals surface area contributed by atoms with Gasteiger partial charge in [0, 0.05) is 31.7 Å². The number of carbonyl (C=O) groups is 1. The summed E-state index contributed by atoms with van der Waals surface area (Å²) < 4.78 is 5.99. The highest BCUT2D eigenvalue weighted by molar-refractivity contribution is 7.12. The average Bonchev–Trinajstić information content (AvgIpc) is 3.52. The first kappa shape index (κ1) is 23.5. The maximum atomic E-state index is 13.4. The van der Waals surface area contributed by atoms with E-state index < -0.39 is 0 Å². The van der Waals surface area contributed by atoms with E-state index in [0.29, 0.717) is 19.1 Å². The van der Waals surface area contributed by atoms with Gasteiger partial charge in [-0.2, -0.15) is 0 Å². The predicted molar refractivity (Wildman–Crippen MR) is 135 cm³/mol. The molecule has 1 aliphatic rings. The van der Waals surface area contributed by atoms with E-state index >= 15 is 0 Å². The van der Waals surface area contributed by atoms with Crippen molar-refractivity contribution in [2.75, 3.05) is 39.1 Å². The number of likely N-dealkylation sites (N-methyl/N-ethyl adjacent to an activating group) is 1. The van der Waals surface area contributed by atoms with Gasteiger partial charge < -0.3 is 19.2 Å². The number of anilines is 1. The van der Waals surface area contributed by atoms with Crippen LogP contribution in [0.3, 0.4) is 0 Å². The lowest BCUT2D eigenvalue weighted by Crippen LogP contribution is -2.37. The summed E-state index contributed by atoms with van der Waals surface area (Å²) >= 11 is 1.49. The molecule has 1 aromatic carbocycles. The van der Waals surface area contributed by atoms with Gasteiger partial charge in [0.05, 0.1) is 17.0 Å². The lowest BCUT2D eigenvalue weighted by Gasteiger charge is -2.32. The van der Waals surface area contributed by atoms with Crippen LogP contribution in [0.1, 0.15) is 47.3 Å². The summed E-state index contributed by atoms with van der Waals surface area (Å²) in [4.78, 5) is 20.5. The van der Waals surface area contributed by atoms with Crippen molar-refractivity contribution in [1.29, 1.82) is 0 Å². The smallest absolute Gasteiger partial charge is 0.264 e. The number of aromatic nitrogens is 1. The quantitative estimate of drug-likeness (QED) is 0.424. The van der Waals surface area contributed by atoms with Crippen LogP contribution in [0.4, 0.5) is 5.88 Å². The van der Waals surface area contributed by atoms with Crippen LogP contribution in [0, 0.1) is 0 Å². The van der Waals surface area contributed by atoms with E-state index in [-0.39, 0.29) is 5.91 Å². The minimum Gasteiger partial charge on any atom is -0.340 e. The molecule has 1 fully saturated rings. The summed E-state index contributed by atoms with van der Waals surface area (Å²) in [5, 5.41) is 6.46. The zero-order valence-corrected chi connectivity index (χ0v) is 20.7. The van der Waals surface area contributed by atoms with E-state index in [1.54, 1.807) is 0 Å². The minimum absolute atomic E-state index is 0.0540. The molecule has 0 radical (unpaired) electrons. The Labute approximate surface area is 200 Å². The lowest BCUT2D eigenvalue weighted by atomic mass is 9.94. The van der Waals surface area contributed by atoms with Crippen molar-refractivity contribution in [3.05, 3.63) is 58.3 Å². The predicted octanol–water partition coefficient (Wildman–Crippen LogP) is 5.38. The first-order chi connectivity index (χ1) is 16.0. The van der Waals surface area contributed by atoms with Crippen LogP contribution in [0.2, 0.25) is 0 Å². The Kier molecular flexibility index (Phi) is 7.83. The monoisotopic (exact) mass is 466 g/mol. The van der Waals surface area contributed by atoms with Gasteiger partial charge in [0.1, 0.15) is 5.69 Å². The summed E-state index contributed by atoms with van der Waals surface area (Å²) in [5.41, 5.74) is 2.82. The Hall–Kier alpha value is -2.64. The van der Waals surface area contributed by atoms with E-state index in [4.69, 9.17) is 4.52 Å². The molecule has 7 heteroatoms. The first-order valence-electron chi connectivity index (χ1n) is 11.8. The molecule has 1 amide bonds. The number of carbonyl (C=O) groups excluding carboxylic acids is 1.